The summed E-state index contributed by atoms with van der Waals surface area (Å²) < 4.78 is 5.89. The first-order valence-electron chi connectivity index (χ1n) is 8.09. The minimum Gasteiger partial charge on any atom is -0.389 e. The quantitative estimate of drug-likeness (QED) is 0.811. The number of aliphatic hydroxyl groups excluding tert-OH is 1. The van der Waals surface area contributed by atoms with E-state index in [2.05, 4.69) is 24.1 Å². The number of hydrogen-bond donors (Lipinski definition) is 2. The molecule has 0 spiro atoms. The number of aromatic nitrogens is 1. The third kappa shape index (κ3) is 5.38. The van der Waals surface area contributed by atoms with Crippen LogP contribution in [-0.2, 0) is 4.74 Å². The van der Waals surface area contributed by atoms with Gasteiger partial charge < -0.3 is 15.2 Å². The van der Waals surface area contributed by atoms with Crippen molar-refractivity contribution >= 4 is 0 Å². The highest BCUT2D eigenvalue weighted by Crippen LogP contribution is 2.26. The maximum atomic E-state index is 10.1. The molecular weight excluding hydrogens is 264 g/mol. The molecule has 1 aromatic rings. The van der Waals surface area contributed by atoms with Crippen LogP contribution >= 0.6 is 0 Å². The molecule has 2 rings (SSSR count). The van der Waals surface area contributed by atoms with Crippen molar-refractivity contribution in [2.24, 2.45) is 5.92 Å². The molecular formula is C17H28N2O2. The summed E-state index contributed by atoms with van der Waals surface area (Å²) in [5.74, 6) is 0.619. The standard InChI is InChI=1S/C17H28N2O2/c1-13-6-3-4-8-17(13)21-12-16(20)11-19-14(2)15-7-5-9-18-10-15/h5,7,9-10,13-14,16-17,19-20H,3-4,6,8,11-12H2,1-2H3. The van der Waals surface area contributed by atoms with Crippen LogP contribution in [0.15, 0.2) is 24.5 Å². The van der Waals surface area contributed by atoms with Gasteiger partial charge in [-0.25, -0.2) is 0 Å². The lowest BCUT2D eigenvalue weighted by atomic mass is 9.88. The van der Waals surface area contributed by atoms with E-state index in [9.17, 15) is 5.11 Å². The molecule has 0 aromatic carbocycles. The monoisotopic (exact) mass is 292 g/mol. The second-order valence-electron chi connectivity index (χ2n) is 6.20. The summed E-state index contributed by atoms with van der Waals surface area (Å²) in [7, 11) is 0. The normalized spacial score (nSPS) is 25.5. The zero-order valence-electron chi connectivity index (χ0n) is 13.2. The molecule has 4 atom stereocenters. The first kappa shape index (κ1) is 16.4. The summed E-state index contributed by atoms with van der Waals surface area (Å²) >= 11 is 0. The minimum atomic E-state index is -0.460. The van der Waals surface area contributed by atoms with E-state index in [4.69, 9.17) is 4.74 Å². The lowest BCUT2D eigenvalue weighted by molar-refractivity contribution is -0.0455. The first-order valence-corrected chi connectivity index (χ1v) is 8.09. The Labute approximate surface area is 127 Å². The van der Waals surface area contributed by atoms with Gasteiger partial charge in [-0.15, -0.1) is 0 Å². The van der Waals surface area contributed by atoms with Gasteiger partial charge in [0, 0.05) is 25.0 Å². The Morgan fingerprint density at radius 3 is 2.95 bits per heavy atom. The van der Waals surface area contributed by atoms with Crippen LogP contribution in [0.3, 0.4) is 0 Å². The molecule has 1 aliphatic carbocycles. The van der Waals surface area contributed by atoms with Gasteiger partial charge >= 0.3 is 0 Å². The van der Waals surface area contributed by atoms with Crippen molar-refractivity contribution in [2.45, 2.75) is 57.8 Å². The molecule has 1 fully saturated rings. The predicted molar refractivity (Wildman–Crippen MR) is 84.0 cm³/mol. The molecule has 1 heterocycles. The van der Waals surface area contributed by atoms with Crippen LogP contribution in [0.1, 0.15) is 51.1 Å². The molecule has 4 unspecified atom stereocenters. The van der Waals surface area contributed by atoms with Crippen LogP contribution in [-0.4, -0.2) is 35.5 Å². The third-order valence-electron chi connectivity index (χ3n) is 4.38. The van der Waals surface area contributed by atoms with Crippen molar-refractivity contribution in [1.29, 1.82) is 0 Å². The second kappa shape index (κ2) is 8.47. The second-order valence-corrected chi connectivity index (χ2v) is 6.20. The van der Waals surface area contributed by atoms with Gasteiger partial charge in [-0.05, 0) is 37.3 Å². The van der Waals surface area contributed by atoms with Gasteiger partial charge in [0.25, 0.3) is 0 Å². The van der Waals surface area contributed by atoms with Crippen molar-refractivity contribution in [3.63, 3.8) is 0 Å². The Morgan fingerprint density at radius 1 is 1.43 bits per heavy atom. The highest BCUT2D eigenvalue weighted by Gasteiger charge is 2.22. The Balaban J connectivity index is 1.66. The Morgan fingerprint density at radius 2 is 2.24 bits per heavy atom. The number of aliphatic hydroxyl groups is 1. The van der Waals surface area contributed by atoms with Crippen LogP contribution in [0.5, 0.6) is 0 Å². The molecule has 21 heavy (non-hydrogen) atoms. The van der Waals surface area contributed by atoms with E-state index in [-0.39, 0.29) is 6.04 Å². The van der Waals surface area contributed by atoms with Crippen LogP contribution < -0.4 is 5.32 Å². The number of nitrogens with one attached hydrogen (secondary N) is 1. The molecule has 1 aromatic heterocycles. The number of rotatable bonds is 7. The fourth-order valence-corrected chi connectivity index (χ4v) is 2.89. The average molecular weight is 292 g/mol. The van der Waals surface area contributed by atoms with Crippen molar-refractivity contribution in [1.82, 2.24) is 10.3 Å². The minimum absolute atomic E-state index is 0.182. The first-order chi connectivity index (χ1) is 10.2. The lowest BCUT2D eigenvalue weighted by Gasteiger charge is -2.29. The van der Waals surface area contributed by atoms with Gasteiger partial charge in [0.1, 0.15) is 0 Å². The fraction of sp³-hybridized carbons (Fsp3) is 0.706. The zero-order chi connectivity index (χ0) is 15.1. The summed E-state index contributed by atoms with van der Waals surface area (Å²) in [6, 6.07) is 4.15. The zero-order valence-corrected chi connectivity index (χ0v) is 13.2. The summed E-state index contributed by atoms with van der Waals surface area (Å²) in [5.41, 5.74) is 1.13. The Hall–Kier alpha value is -0.970. The van der Waals surface area contributed by atoms with Gasteiger partial charge in [0.15, 0.2) is 0 Å². The molecule has 0 radical (unpaired) electrons. The molecule has 0 bridgehead atoms. The van der Waals surface area contributed by atoms with E-state index in [0.717, 1.165) is 12.0 Å². The molecule has 1 aliphatic rings. The number of nitrogens with zero attached hydrogens (tertiary/aromatic N) is 1. The summed E-state index contributed by atoms with van der Waals surface area (Å²) in [6.07, 6.45) is 8.43. The van der Waals surface area contributed by atoms with E-state index in [1.165, 1.54) is 19.3 Å². The number of hydrogen-bond acceptors (Lipinski definition) is 4. The average Bonchev–Trinajstić information content (AvgIpc) is 2.52. The fourth-order valence-electron chi connectivity index (χ4n) is 2.89. The molecule has 0 saturated heterocycles. The van der Waals surface area contributed by atoms with Gasteiger partial charge in [-0.2, -0.15) is 0 Å². The highest BCUT2D eigenvalue weighted by molar-refractivity contribution is 5.12. The van der Waals surface area contributed by atoms with Gasteiger partial charge in [-0.3, -0.25) is 4.98 Å². The maximum Gasteiger partial charge on any atom is 0.0898 e. The largest absolute Gasteiger partial charge is 0.389 e. The van der Waals surface area contributed by atoms with E-state index >= 15 is 0 Å². The Bertz CT molecular complexity index is 399. The maximum absolute atomic E-state index is 10.1. The summed E-state index contributed by atoms with van der Waals surface area (Å²) in [6.45, 7) is 5.28. The summed E-state index contributed by atoms with van der Waals surface area (Å²) in [4.78, 5) is 4.11. The highest BCUT2D eigenvalue weighted by atomic mass is 16.5. The van der Waals surface area contributed by atoms with E-state index in [1.54, 1.807) is 6.20 Å². The third-order valence-corrected chi connectivity index (χ3v) is 4.38. The molecule has 4 nitrogen and oxygen atoms in total. The van der Waals surface area contributed by atoms with Gasteiger partial charge in [0.05, 0.1) is 18.8 Å². The van der Waals surface area contributed by atoms with Crippen LogP contribution in [0.2, 0.25) is 0 Å². The van der Waals surface area contributed by atoms with Crippen molar-refractivity contribution in [3.05, 3.63) is 30.1 Å². The van der Waals surface area contributed by atoms with E-state index in [1.807, 2.05) is 18.3 Å². The van der Waals surface area contributed by atoms with Crippen LogP contribution in [0, 0.1) is 5.92 Å². The Kier molecular flexibility index (Phi) is 6.61. The SMILES string of the molecule is CC(NCC(O)COC1CCCCC1C)c1cccnc1. The topological polar surface area (TPSA) is 54.4 Å². The predicted octanol–water partition coefficient (Wildman–Crippen LogP) is 2.69. The molecule has 1 saturated carbocycles. The molecule has 4 heteroatoms. The smallest absolute Gasteiger partial charge is 0.0898 e. The van der Waals surface area contributed by atoms with Gasteiger partial charge in [-0.1, -0.05) is 25.8 Å². The summed E-state index contributed by atoms with van der Waals surface area (Å²) in [5, 5.41) is 13.4. The molecule has 0 amide bonds. The van der Waals surface area contributed by atoms with Gasteiger partial charge in [0.2, 0.25) is 0 Å². The van der Waals surface area contributed by atoms with E-state index < -0.39 is 6.10 Å². The molecule has 2 N–H and O–H groups in total. The van der Waals surface area contributed by atoms with Crippen molar-refractivity contribution in [2.75, 3.05) is 13.2 Å². The number of pyridine rings is 1. The van der Waals surface area contributed by atoms with E-state index in [0.29, 0.717) is 25.2 Å². The molecule has 118 valence electrons. The molecule has 0 aliphatic heterocycles. The number of ether oxygens (including phenoxy) is 1. The van der Waals surface area contributed by atoms with Crippen LogP contribution in [0.25, 0.3) is 0 Å². The van der Waals surface area contributed by atoms with Crippen molar-refractivity contribution in [3.8, 4) is 0 Å². The van der Waals surface area contributed by atoms with Crippen molar-refractivity contribution < 1.29 is 9.84 Å². The lowest BCUT2D eigenvalue weighted by Crippen LogP contribution is -2.35. The van der Waals surface area contributed by atoms with Crippen LogP contribution in [0.4, 0.5) is 0 Å².